The number of amides is 1. The summed E-state index contributed by atoms with van der Waals surface area (Å²) in [5, 5.41) is 8.55. The van der Waals surface area contributed by atoms with Crippen molar-refractivity contribution in [2.24, 2.45) is 5.92 Å². The first kappa shape index (κ1) is 28.4. The molecule has 0 aromatic heterocycles. The van der Waals surface area contributed by atoms with Crippen LogP contribution in [-0.4, -0.2) is 53.5 Å². The van der Waals surface area contributed by atoms with Gasteiger partial charge in [-0.25, -0.2) is 13.6 Å². The molecule has 2 aliphatic rings. The zero-order chi connectivity index (χ0) is 28.0. The molecule has 39 heavy (non-hydrogen) atoms. The summed E-state index contributed by atoms with van der Waals surface area (Å²) in [5.41, 5.74) is 2.89. The number of carboxylic acid groups (broad SMARTS) is 1. The third-order valence-electron chi connectivity index (χ3n) is 8.08. The van der Waals surface area contributed by atoms with E-state index < -0.39 is 6.09 Å². The highest BCUT2D eigenvalue weighted by molar-refractivity contribution is 5.88. The normalized spacial score (nSPS) is 19.9. The molecule has 7 heteroatoms. The summed E-state index contributed by atoms with van der Waals surface area (Å²) in [6, 6.07) is 23.0. The van der Waals surface area contributed by atoms with Gasteiger partial charge < -0.3 is 14.9 Å². The Balaban J connectivity index is 0.000000229. The zero-order valence-corrected chi connectivity index (χ0v) is 22.5. The maximum atomic E-state index is 13.1. The molecule has 0 radical (unpaired) electrons. The molecule has 5 nitrogen and oxygen atoms in total. The van der Waals surface area contributed by atoms with Crippen LogP contribution >= 0.6 is 0 Å². The predicted octanol–water partition coefficient (Wildman–Crippen LogP) is 6.49. The number of ketones is 1. The largest absolute Gasteiger partial charge is 0.465 e. The number of hydrogen-bond acceptors (Lipinski definition) is 3. The second kappa shape index (κ2) is 12.5. The number of rotatable bonds is 7. The van der Waals surface area contributed by atoms with E-state index in [9.17, 15) is 18.4 Å². The second-order valence-electron chi connectivity index (χ2n) is 10.7. The highest BCUT2D eigenvalue weighted by Gasteiger charge is 2.43. The van der Waals surface area contributed by atoms with Crippen LogP contribution in [-0.2, 0) is 16.8 Å². The molecular weight excluding hydrogens is 498 g/mol. The van der Waals surface area contributed by atoms with Gasteiger partial charge in [0.05, 0.1) is 5.41 Å². The van der Waals surface area contributed by atoms with Gasteiger partial charge in [-0.2, -0.15) is 0 Å². The number of likely N-dealkylation sites (tertiary alicyclic amines) is 1. The van der Waals surface area contributed by atoms with Crippen molar-refractivity contribution < 1.29 is 23.5 Å². The Hall–Kier alpha value is -3.58. The summed E-state index contributed by atoms with van der Waals surface area (Å²) in [6.45, 7) is 5.05. The van der Waals surface area contributed by atoms with E-state index in [1.54, 1.807) is 31.2 Å². The average molecular weight is 535 g/mol. The van der Waals surface area contributed by atoms with Crippen molar-refractivity contribution in [3.63, 3.8) is 0 Å². The van der Waals surface area contributed by atoms with Crippen molar-refractivity contribution in [2.45, 2.75) is 44.1 Å². The first-order valence-electron chi connectivity index (χ1n) is 13.4. The topological polar surface area (TPSA) is 60.9 Å². The van der Waals surface area contributed by atoms with Gasteiger partial charge in [0.1, 0.15) is 17.4 Å². The van der Waals surface area contributed by atoms with Gasteiger partial charge in [0, 0.05) is 20.1 Å². The fourth-order valence-corrected chi connectivity index (χ4v) is 5.55. The van der Waals surface area contributed by atoms with Crippen LogP contribution in [0.4, 0.5) is 13.6 Å². The minimum Gasteiger partial charge on any atom is -0.465 e. The van der Waals surface area contributed by atoms with Crippen LogP contribution in [0.1, 0.15) is 48.8 Å². The molecule has 1 amide bonds. The number of piperidine rings is 1. The highest BCUT2D eigenvalue weighted by Crippen LogP contribution is 2.48. The number of hydrogen-bond donors (Lipinski definition) is 1. The molecule has 5 rings (SSSR count). The van der Waals surface area contributed by atoms with Gasteiger partial charge >= 0.3 is 6.09 Å². The number of carbonyl (C=O) groups is 2. The van der Waals surface area contributed by atoms with Gasteiger partial charge in [0.25, 0.3) is 0 Å². The lowest BCUT2D eigenvalue weighted by atomic mass is 9.70. The summed E-state index contributed by atoms with van der Waals surface area (Å²) in [5.74, 6) is 1.05. The molecule has 206 valence electrons. The third-order valence-corrected chi connectivity index (χ3v) is 8.08. The van der Waals surface area contributed by atoms with Crippen molar-refractivity contribution in [1.29, 1.82) is 0 Å². The van der Waals surface area contributed by atoms with E-state index in [0.717, 1.165) is 42.9 Å². The summed E-state index contributed by atoms with van der Waals surface area (Å²) in [7, 11) is 1.46. The minimum atomic E-state index is -0.996. The fourth-order valence-electron chi connectivity index (χ4n) is 5.55. The van der Waals surface area contributed by atoms with Gasteiger partial charge in [0.15, 0.2) is 0 Å². The summed E-state index contributed by atoms with van der Waals surface area (Å²) >= 11 is 0. The predicted molar refractivity (Wildman–Crippen MR) is 148 cm³/mol. The number of benzene rings is 3. The first-order valence-corrected chi connectivity index (χ1v) is 13.4. The molecular formula is C32H36F2N2O3. The van der Waals surface area contributed by atoms with E-state index in [0.29, 0.717) is 17.6 Å². The van der Waals surface area contributed by atoms with E-state index in [4.69, 9.17) is 5.11 Å². The highest BCUT2D eigenvalue weighted by atomic mass is 19.1. The van der Waals surface area contributed by atoms with Crippen molar-refractivity contribution >= 4 is 11.9 Å². The van der Waals surface area contributed by atoms with Gasteiger partial charge in [-0.05, 0) is 92.1 Å². The van der Waals surface area contributed by atoms with Crippen molar-refractivity contribution in [1.82, 2.24) is 9.80 Å². The van der Waals surface area contributed by atoms with Crippen molar-refractivity contribution in [3.8, 4) is 0 Å². The smallest absolute Gasteiger partial charge is 0.407 e. The van der Waals surface area contributed by atoms with Crippen LogP contribution in [0.15, 0.2) is 78.9 Å². The fraction of sp³-hybridized carbons (Fsp3) is 0.375. The minimum absolute atomic E-state index is 0.163. The number of Topliss-reactive ketones (excluding diaryl/α,β-unsaturated/α-hetero) is 1. The molecule has 1 saturated heterocycles. The summed E-state index contributed by atoms with van der Waals surface area (Å²) < 4.78 is 25.5. The maximum Gasteiger partial charge on any atom is 0.407 e. The van der Waals surface area contributed by atoms with E-state index in [-0.39, 0.29) is 23.6 Å². The first-order chi connectivity index (χ1) is 18.7. The zero-order valence-electron chi connectivity index (χ0n) is 22.5. The standard InChI is InChI=1S/C23H26FNO.C9H10FNO2/c1-17(26)23(20-5-3-2-4-6-20)11-13-25(14-12-23)16-19-15-22(19)18-7-9-21(24)10-8-18;1-11(9(12)13)6-7-2-4-8(10)5-3-7/h2-10,19,22H,11-16H2,1H3;2-5H,6H2,1H3,(H,12,13)/t19-,22+;/m0./s1. The number of halogens is 2. The Labute approximate surface area is 229 Å². The van der Waals surface area contributed by atoms with Crippen LogP contribution in [0.5, 0.6) is 0 Å². The molecule has 3 aromatic rings. The Bertz CT molecular complexity index is 1240. The van der Waals surface area contributed by atoms with E-state index >= 15 is 0 Å². The average Bonchev–Trinajstić information content (AvgIpc) is 3.70. The second-order valence-corrected chi connectivity index (χ2v) is 10.7. The molecule has 1 N–H and O–H groups in total. The molecule has 2 atom stereocenters. The van der Waals surface area contributed by atoms with Crippen LogP contribution in [0.3, 0.4) is 0 Å². The third kappa shape index (κ3) is 7.30. The van der Waals surface area contributed by atoms with Crippen molar-refractivity contribution in [2.75, 3.05) is 26.7 Å². The van der Waals surface area contributed by atoms with Crippen molar-refractivity contribution in [3.05, 3.63) is 107 Å². The molecule has 1 aliphatic heterocycles. The molecule has 0 unspecified atom stereocenters. The molecule has 0 spiro atoms. The van der Waals surface area contributed by atoms with Crippen LogP contribution < -0.4 is 0 Å². The Morgan fingerprint density at radius 1 is 0.923 bits per heavy atom. The SMILES string of the molecule is CC(=O)C1(c2ccccc2)CCN(C[C@@H]2C[C@@H]2c2ccc(F)cc2)CC1.CN(Cc1ccc(F)cc1)C(=O)O. The molecule has 3 aromatic carbocycles. The Morgan fingerprint density at radius 3 is 2.03 bits per heavy atom. The molecule has 1 heterocycles. The molecule has 1 saturated carbocycles. The van der Waals surface area contributed by atoms with E-state index in [1.165, 1.54) is 36.7 Å². The lowest BCUT2D eigenvalue weighted by Crippen LogP contribution is -2.47. The van der Waals surface area contributed by atoms with E-state index in [1.807, 2.05) is 30.3 Å². The maximum absolute atomic E-state index is 13.1. The van der Waals surface area contributed by atoms with Gasteiger partial charge in [-0.1, -0.05) is 54.6 Å². The molecule has 0 bridgehead atoms. The number of nitrogens with zero attached hydrogens (tertiary/aromatic N) is 2. The Kier molecular flexibility index (Phi) is 9.12. The van der Waals surface area contributed by atoms with Crippen LogP contribution in [0, 0.1) is 17.6 Å². The van der Waals surface area contributed by atoms with Crippen LogP contribution in [0.2, 0.25) is 0 Å². The van der Waals surface area contributed by atoms with E-state index in [2.05, 4.69) is 17.0 Å². The van der Waals surface area contributed by atoms with Crippen LogP contribution in [0.25, 0.3) is 0 Å². The van der Waals surface area contributed by atoms with Gasteiger partial charge in [0.2, 0.25) is 0 Å². The lowest BCUT2D eigenvalue weighted by Gasteiger charge is -2.40. The van der Waals surface area contributed by atoms with Gasteiger partial charge in [-0.3, -0.25) is 4.79 Å². The number of carbonyl (C=O) groups excluding carboxylic acids is 1. The quantitative estimate of drug-likeness (QED) is 0.377. The lowest BCUT2D eigenvalue weighted by molar-refractivity contribution is -0.124. The Morgan fingerprint density at radius 2 is 1.49 bits per heavy atom. The molecule has 2 fully saturated rings. The monoisotopic (exact) mass is 534 g/mol. The summed E-state index contributed by atoms with van der Waals surface area (Å²) in [6.07, 6.45) is 2.00. The molecule has 1 aliphatic carbocycles. The summed E-state index contributed by atoms with van der Waals surface area (Å²) in [4.78, 5) is 26.5. The van der Waals surface area contributed by atoms with Gasteiger partial charge in [-0.15, -0.1) is 0 Å².